The van der Waals surface area contributed by atoms with E-state index >= 15 is 0 Å². The predicted molar refractivity (Wildman–Crippen MR) is 96.5 cm³/mol. The number of rotatable bonds is 5. The molecule has 1 N–H and O–H groups in total. The molecule has 2 aromatic carbocycles. The van der Waals surface area contributed by atoms with Gasteiger partial charge in [0.05, 0.1) is 13.0 Å². The van der Waals surface area contributed by atoms with Crippen molar-refractivity contribution >= 4 is 17.5 Å². The summed E-state index contributed by atoms with van der Waals surface area (Å²) in [5.41, 5.74) is 2.86. The zero-order valence-corrected chi connectivity index (χ0v) is 14.5. The van der Waals surface area contributed by atoms with Gasteiger partial charge in [0.15, 0.2) is 0 Å². The van der Waals surface area contributed by atoms with Gasteiger partial charge in [0.25, 0.3) is 0 Å². The van der Waals surface area contributed by atoms with Crippen molar-refractivity contribution in [2.75, 3.05) is 18.6 Å². The molecule has 0 aliphatic carbocycles. The number of nitrogens with zero attached hydrogens (tertiary/aromatic N) is 1. The van der Waals surface area contributed by atoms with E-state index in [-0.39, 0.29) is 24.2 Å². The topological polar surface area (TPSA) is 58.6 Å². The van der Waals surface area contributed by atoms with Crippen molar-refractivity contribution in [3.05, 3.63) is 59.7 Å². The molecular formula is C20H22N2O3. The summed E-state index contributed by atoms with van der Waals surface area (Å²) in [6.07, 6.45) is 0.242. The summed E-state index contributed by atoms with van der Waals surface area (Å²) in [7, 11) is 1.61. The fourth-order valence-electron chi connectivity index (χ4n) is 3.10. The molecule has 1 aliphatic rings. The Morgan fingerprint density at radius 2 is 2.04 bits per heavy atom. The summed E-state index contributed by atoms with van der Waals surface area (Å²) >= 11 is 0. The van der Waals surface area contributed by atoms with E-state index in [2.05, 4.69) is 5.32 Å². The van der Waals surface area contributed by atoms with E-state index in [1.165, 1.54) is 0 Å². The van der Waals surface area contributed by atoms with Crippen LogP contribution in [-0.2, 0) is 16.1 Å². The second-order valence-corrected chi connectivity index (χ2v) is 6.27. The summed E-state index contributed by atoms with van der Waals surface area (Å²) in [5, 5.41) is 2.92. The van der Waals surface area contributed by atoms with E-state index in [0.29, 0.717) is 13.1 Å². The smallest absolute Gasteiger partial charge is 0.227 e. The quantitative estimate of drug-likeness (QED) is 0.912. The van der Waals surface area contributed by atoms with Gasteiger partial charge in [-0.2, -0.15) is 0 Å². The van der Waals surface area contributed by atoms with Crippen LogP contribution in [0.1, 0.15) is 17.5 Å². The molecule has 0 radical (unpaired) electrons. The van der Waals surface area contributed by atoms with Crippen LogP contribution in [0.4, 0.5) is 5.69 Å². The van der Waals surface area contributed by atoms with Gasteiger partial charge >= 0.3 is 0 Å². The summed E-state index contributed by atoms with van der Waals surface area (Å²) in [6, 6.07) is 15.3. The zero-order valence-electron chi connectivity index (χ0n) is 14.5. The number of nitrogens with one attached hydrogen (secondary N) is 1. The highest BCUT2D eigenvalue weighted by molar-refractivity contribution is 6.00. The minimum atomic E-state index is -0.331. The third kappa shape index (κ3) is 3.82. The number of methoxy groups -OCH3 is 1. The van der Waals surface area contributed by atoms with Crippen LogP contribution in [0.15, 0.2) is 48.5 Å². The Hall–Kier alpha value is -2.82. The molecule has 2 amide bonds. The number of hydrogen-bond donors (Lipinski definition) is 1. The number of carbonyl (C=O) groups is 2. The molecule has 0 aromatic heterocycles. The number of aryl methyl sites for hydroxylation is 1. The van der Waals surface area contributed by atoms with Crippen molar-refractivity contribution in [1.29, 1.82) is 0 Å². The molecule has 5 nitrogen and oxygen atoms in total. The number of ether oxygens (including phenoxy) is 1. The fraction of sp³-hybridized carbons (Fsp3) is 0.300. The second-order valence-electron chi connectivity index (χ2n) is 6.27. The minimum absolute atomic E-state index is 0.0111. The standard InChI is InChI=1S/C20H22N2O3/c1-14-6-5-8-17(10-14)22-13-16(11-19(22)23)20(24)21-12-15-7-3-4-9-18(15)25-2/h3-10,16H,11-13H2,1-2H3,(H,21,24)/t16-/m1/s1. The highest BCUT2D eigenvalue weighted by atomic mass is 16.5. The molecule has 25 heavy (non-hydrogen) atoms. The molecule has 1 heterocycles. The Balaban J connectivity index is 1.63. The maximum atomic E-state index is 12.5. The minimum Gasteiger partial charge on any atom is -0.496 e. The summed E-state index contributed by atoms with van der Waals surface area (Å²) in [4.78, 5) is 26.5. The molecule has 0 bridgehead atoms. The van der Waals surface area contributed by atoms with Gasteiger partial charge in [-0.3, -0.25) is 9.59 Å². The van der Waals surface area contributed by atoms with E-state index in [0.717, 1.165) is 22.6 Å². The van der Waals surface area contributed by atoms with Crippen LogP contribution in [-0.4, -0.2) is 25.5 Å². The number of anilines is 1. The Morgan fingerprint density at radius 1 is 1.24 bits per heavy atom. The van der Waals surface area contributed by atoms with Gasteiger partial charge in [-0.1, -0.05) is 30.3 Å². The lowest BCUT2D eigenvalue weighted by Crippen LogP contribution is -2.32. The van der Waals surface area contributed by atoms with Gasteiger partial charge in [-0.05, 0) is 30.7 Å². The lowest BCUT2D eigenvalue weighted by molar-refractivity contribution is -0.126. The maximum absolute atomic E-state index is 12.5. The first-order chi connectivity index (χ1) is 12.1. The van der Waals surface area contributed by atoms with Crippen molar-refractivity contribution in [2.45, 2.75) is 19.9 Å². The molecule has 1 fully saturated rings. The predicted octanol–water partition coefficient (Wildman–Crippen LogP) is 2.67. The Bertz CT molecular complexity index is 788. The van der Waals surface area contributed by atoms with E-state index in [4.69, 9.17) is 4.74 Å². The molecule has 3 rings (SSSR count). The summed E-state index contributed by atoms with van der Waals surface area (Å²) in [6.45, 7) is 2.79. The number of amides is 2. The first kappa shape index (κ1) is 17.0. The van der Waals surface area contributed by atoms with Crippen LogP contribution in [0.3, 0.4) is 0 Å². The van der Waals surface area contributed by atoms with Crippen LogP contribution in [0.2, 0.25) is 0 Å². The molecule has 130 valence electrons. The van der Waals surface area contributed by atoms with Crippen molar-refractivity contribution in [3.63, 3.8) is 0 Å². The summed E-state index contributed by atoms with van der Waals surface area (Å²) in [5.74, 6) is 0.298. The Labute approximate surface area is 147 Å². The molecule has 1 aliphatic heterocycles. The lowest BCUT2D eigenvalue weighted by atomic mass is 10.1. The molecular weight excluding hydrogens is 316 g/mol. The van der Waals surface area contributed by atoms with Gasteiger partial charge < -0.3 is 15.0 Å². The Morgan fingerprint density at radius 3 is 2.80 bits per heavy atom. The monoisotopic (exact) mass is 338 g/mol. The average Bonchev–Trinajstić information content (AvgIpc) is 3.02. The lowest BCUT2D eigenvalue weighted by Gasteiger charge is -2.17. The van der Waals surface area contributed by atoms with Gasteiger partial charge in [-0.25, -0.2) is 0 Å². The van der Waals surface area contributed by atoms with Gasteiger partial charge in [-0.15, -0.1) is 0 Å². The number of benzene rings is 2. The Kier molecular flexibility index (Phi) is 5.03. The second kappa shape index (κ2) is 7.38. The molecule has 0 spiro atoms. The molecule has 2 aromatic rings. The van der Waals surface area contributed by atoms with E-state index < -0.39 is 0 Å². The largest absolute Gasteiger partial charge is 0.496 e. The zero-order chi connectivity index (χ0) is 17.8. The van der Waals surface area contributed by atoms with Crippen molar-refractivity contribution < 1.29 is 14.3 Å². The van der Waals surface area contributed by atoms with Gasteiger partial charge in [0.1, 0.15) is 5.75 Å². The van der Waals surface area contributed by atoms with Gasteiger partial charge in [0, 0.05) is 30.8 Å². The molecule has 0 saturated carbocycles. The highest BCUT2D eigenvalue weighted by Gasteiger charge is 2.35. The van der Waals surface area contributed by atoms with Crippen LogP contribution in [0.25, 0.3) is 0 Å². The molecule has 0 unspecified atom stereocenters. The fourth-order valence-corrected chi connectivity index (χ4v) is 3.10. The van der Waals surface area contributed by atoms with Crippen LogP contribution >= 0.6 is 0 Å². The van der Waals surface area contributed by atoms with E-state index in [1.807, 2.05) is 55.5 Å². The highest BCUT2D eigenvalue weighted by Crippen LogP contribution is 2.26. The number of carbonyl (C=O) groups excluding carboxylic acids is 2. The van der Waals surface area contributed by atoms with Gasteiger partial charge in [0.2, 0.25) is 11.8 Å². The normalized spacial score (nSPS) is 16.8. The molecule has 1 atom stereocenters. The first-order valence-corrected chi connectivity index (χ1v) is 8.35. The first-order valence-electron chi connectivity index (χ1n) is 8.35. The number of para-hydroxylation sites is 1. The SMILES string of the molecule is COc1ccccc1CNC(=O)[C@@H]1CC(=O)N(c2cccc(C)c2)C1. The van der Waals surface area contributed by atoms with Crippen molar-refractivity contribution in [3.8, 4) is 5.75 Å². The molecule has 1 saturated heterocycles. The van der Waals surface area contributed by atoms with E-state index in [9.17, 15) is 9.59 Å². The average molecular weight is 338 g/mol. The van der Waals surface area contributed by atoms with E-state index in [1.54, 1.807) is 12.0 Å². The third-order valence-corrected chi connectivity index (χ3v) is 4.45. The van der Waals surface area contributed by atoms with Crippen LogP contribution in [0.5, 0.6) is 5.75 Å². The maximum Gasteiger partial charge on any atom is 0.227 e. The third-order valence-electron chi connectivity index (χ3n) is 4.45. The van der Waals surface area contributed by atoms with Crippen LogP contribution in [0, 0.1) is 12.8 Å². The summed E-state index contributed by atoms with van der Waals surface area (Å²) < 4.78 is 5.29. The van der Waals surface area contributed by atoms with Crippen molar-refractivity contribution in [1.82, 2.24) is 5.32 Å². The number of hydrogen-bond acceptors (Lipinski definition) is 3. The van der Waals surface area contributed by atoms with Crippen LogP contribution < -0.4 is 15.0 Å². The molecule has 5 heteroatoms. The van der Waals surface area contributed by atoms with Crippen molar-refractivity contribution in [2.24, 2.45) is 5.92 Å².